The van der Waals surface area contributed by atoms with Crippen molar-refractivity contribution in [3.8, 4) is 0 Å². The highest BCUT2D eigenvalue weighted by molar-refractivity contribution is 6.00. The molecule has 0 N–H and O–H groups in total. The van der Waals surface area contributed by atoms with Crippen molar-refractivity contribution in [1.29, 1.82) is 0 Å². The molecule has 0 radical (unpaired) electrons. The maximum absolute atomic E-state index is 12.4. The molecule has 4 heteroatoms. The van der Waals surface area contributed by atoms with Gasteiger partial charge in [0.1, 0.15) is 0 Å². The molecule has 134 valence electrons. The third-order valence-corrected chi connectivity index (χ3v) is 5.28. The van der Waals surface area contributed by atoms with E-state index in [1.165, 1.54) is 25.7 Å². The lowest BCUT2D eigenvalue weighted by molar-refractivity contribution is -0.176. The standard InChI is InChI=1S/C19H34O4/c1-5-8-9-10-15-11-13-16(14-12-15)19(4,17(20)22-6-2)18(21)23-7-3/h15-16H,5-14H2,1-4H3. The van der Waals surface area contributed by atoms with Gasteiger partial charge in [-0.25, -0.2) is 0 Å². The van der Waals surface area contributed by atoms with Gasteiger partial charge < -0.3 is 9.47 Å². The highest BCUT2D eigenvalue weighted by Crippen LogP contribution is 2.43. The summed E-state index contributed by atoms with van der Waals surface area (Å²) in [5.41, 5.74) is -1.15. The Hall–Kier alpha value is -1.06. The second kappa shape index (κ2) is 9.94. The molecule has 0 aromatic rings. The zero-order valence-electron chi connectivity index (χ0n) is 15.4. The van der Waals surface area contributed by atoms with Gasteiger partial charge in [0.05, 0.1) is 13.2 Å². The summed E-state index contributed by atoms with van der Waals surface area (Å²) in [5, 5.41) is 0. The molecule has 0 saturated heterocycles. The first kappa shape index (κ1) is 20.0. The second-order valence-electron chi connectivity index (χ2n) is 6.86. The van der Waals surface area contributed by atoms with Gasteiger partial charge in [-0.15, -0.1) is 0 Å². The van der Waals surface area contributed by atoms with E-state index in [2.05, 4.69) is 6.92 Å². The van der Waals surface area contributed by atoms with Gasteiger partial charge in [-0.1, -0.05) is 45.4 Å². The molecule has 0 aromatic heterocycles. The van der Waals surface area contributed by atoms with Gasteiger partial charge in [-0.3, -0.25) is 9.59 Å². The molecule has 0 heterocycles. The van der Waals surface area contributed by atoms with Gasteiger partial charge >= 0.3 is 11.9 Å². The zero-order valence-corrected chi connectivity index (χ0v) is 15.4. The monoisotopic (exact) mass is 326 g/mol. The highest BCUT2D eigenvalue weighted by Gasteiger charge is 2.51. The average Bonchev–Trinajstić information content (AvgIpc) is 2.55. The third-order valence-electron chi connectivity index (χ3n) is 5.28. The molecule has 0 spiro atoms. The van der Waals surface area contributed by atoms with E-state index >= 15 is 0 Å². The molecule has 0 unspecified atom stereocenters. The lowest BCUT2D eigenvalue weighted by atomic mass is 9.67. The Morgan fingerprint density at radius 2 is 1.43 bits per heavy atom. The van der Waals surface area contributed by atoms with Crippen molar-refractivity contribution < 1.29 is 19.1 Å². The fourth-order valence-corrected chi connectivity index (χ4v) is 3.69. The van der Waals surface area contributed by atoms with Crippen molar-refractivity contribution in [3.05, 3.63) is 0 Å². The molecule has 1 rings (SSSR count). The van der Waals surface area contributed by atoms with E-state index in [1.54, 1.807) is 20.8 Å². The van der Waals surface area contributed by atoms with Gasteiger partial charge in [0.25, 0.3) is 0 Å². The van der Waals surface area contributed by atoms with E-state index in [1.807, 2.05) is 0 Å². The van der Waals surface area contributed by atoms with E-state index < -0.39 is 17.4 Å². The first-order valence-electron chi connectivity index (χ1n) is 9.35. The Morgan fingerprint density at radius 1 is 0.913 bits per heavy atom. The molecule has 0 aliphatic heterocycles. The number of ether oxygens (including phenoxy) is 2. The van der Waals surface area contributed by atoms with Gasteiger partial charge in [0, 0.05) is 0 Å². The second-order valence-corrected chi connectivity index (χ2v) is 6.86. The molecule has 4 nitrogen and oxygen atoms in total. The van der Waals surface area contributed by atoms with Crippen LogP contribution in [0.1, 0.15) is 79.1 Å². The summed E-state index contributed by atoms with van der Waals surface area (Å²) in [4.78, 5) is 24.9. The maximum atomic E-state index is 12.4. The number of hydrogen-bond acceptors (Lipinski definition) is 4. The summed E-state index contributed by atoms with van der Waals surface area (Å²) < 4.78 is 10.4. The molecule has 1 saturated carbocycles. The minimum Gasteiger partial charge on any atom is -0.465 e. The van der Waals surface area contributed by atoms with Crippen molar-refractivity contribution in [2.75, 3.05) is 13.2 Å². The lowest BCUT2D eigenvalue weighted by Gasteiger charge is -2.38. The van der Waals surface area contributed by atoms with E-state index in [4.69, 9.17) is 9.47 Å². The van der Waals surface area contributed by atoms with E-state index in [-0.39, 0.29) is 5.92 Å². The van der Waals surface area contributed by atoms with Crippen molar-refractivity contribution >= 4 is 11.9 Å². The van der Waals surface area contributed by atoms with Crippen molar-refractivity contribution in [3.63, 3.8) is 0 Å². The Morgan fingerprint density at radius 3 is 1.87 bits per heavy atom. The van der Waals surface area contributed by atoms with Crippen LogP contribution in [0.25, 0.3) is 0 Å². The van der Waals surface area contributed by atoms with Crippen LogP contribution in [0.5, 0.6) is 0 Å². The Labute approximate surface area is 141 Å². The quantitative estimate of drug-likeness (QED) is 0.355. The van der Waals surface area contributed by atoms with Crippen LogP contribution in [0.15, 0.2) is 0 Å². The smallest absolute Gasteiger partial charge is 0.323 e. The first-order chi connectivity index (χ1) is 11.0. The van der Waals surface area contributed by atoms with Gasteiger partial charge in [-0.2, -0.15) is 0 Å². The molecular weight excluding hydrogens is 292 g/mol. The van der Waals surface area contributed by atoms with E-state index in [0.717, 1.165) is 31.6 Å². The average molecular weight is 326 g/mol. The molecular formula is C19H34O4. The van der Waals surface area contributed by atoms with Gasteiger partial charge in [-0.05, 0) is 45.4 Å². The number of unbranched alkanes of at least 4 members (excludes halogenated alkanes) is 2. The Bertz CT molecular complexity index is 352. The molecule has 0 atom stereocenters. The summed E-state index contributed by atoms with van der Waals surface area (Å²) in [6.07, 6.45) is 9.12. The van der Waals surface area contributed by atoms with Crippen LogP contribution in [0.4, 0.5) is 0 Å². The van der Waals surface area contributed by atoms with Crippen molar-refractivity contribution in [2.45, 2.75) is 79.1 Å². The minimum atomic E-state index is -1.15. The summed E-state index contributed by atoms with van der Waals surface area (Å²) in [6, 6.07) is 0. The van der Waals surface area contributed by atoms with Gasteiger partial charge in [0.2, 0.25) is 0 Å². The van der Waals surface area contributed by atoms with Crippen LogP contribution in [-0.2, 0) is 19.1 Å². The molecule has 23 heavy (non-hydrogen) atoms. The minimum absolute atomic E-state index is 0.0306. The van der Waals surface area contributed by atoms with Crippen LogP contribution < -0.4 is 0 Å². The predicted octanol–water partition coefficient (Wildman–Crippen LogP) is 4.51. The fraction of sp³-hybridized carbons (Fsp3) is 0.895. The topological polar surface area (TPSA) is 52.6 Å². The predicted molar refractivity (Wildman–Crippen MR) is 91.0 cm³/mol. The van der Waals surface area contributed by atoms with E-state index in [9.17, 15) is 9.59 Å². The molecule has 1 aliphatic carbocycles. The van der Waals surface area contributed by atoms with E-state index in [0.29, 0.717) is 13.2 Å². The summed E-state index contributed by atoms with van der Waals surface area (Å²) in [7, 11) is 0. The fourth-order valence-electron chi connectivity index (χ4n) is 3.69. The zero-order chi connectivity index (χ0) is 17.3. The summed E-state index contributed by atoms with van der Waals surface area (Å²) in [6.45, 7) is 8.06. The van der Waals surface area contributed by atoms with Crippen LogP contribution in [0, 0.1) is 17.3 Å². The number of hydrogen-bond donors (Lipinski definition) is 0. The van der Waals surface area contributed by atoms with Crippen molar-refractivity contribution in [1.82, 2.24) is 0 Å². The molecule has 0 bridgehead atoms. The van der Waals surface area contributed by atoms with Crippen LogP contribution in [0.3, 0.4) is 0 Å². The van der Waals surface area contributed by atoms with Crippen LogP contribution in [-0.4, -0.2) is 25.2 Å². The molecule has 1 aliphatic rings. The SMILES string of the molecule is CCCCCC1CCC(C(C)(C(=O)OCC)C(=O)OCC)CC1. The maximum Gasteiger partial charge on any atom is 0.323 e. The largest absolute Gasteiger partial charge is 0.465 e. The van der Waals surface area contributed by atoms with Crippen LogP contribution >= 0.6 is 0 Å². The van der Waals surface area contributed by atoms with Crippen molar-refractivity contribution in [2.24, 2.45) is 17.3 Å². The van der Waals surface area contributed by atoms with Gasteiger partial charge in [0.15, 0.2) is 5.41 Å². The molecule has 1 fully saturated rings. The lowest BCUT2D eigenvalue weighted by Crippen LogP contribution is -2.46. The molecule has 0 amide bonds. The van der Waals surface area contributed by atoms with Crippen LogP contribution in [0.2, 0.25) is 0 Å². The first-order valence-corrected chi connectivity index (χ1v) is 9.35. The number of esters is 2. The number of rotatable bonds is 9. The third kappa shape index (κ3) is 5.22. The summed E-state index contributed by atoms with van der Waals surface area (Å²) >= 11 is 0. The summed E-state index contributed by atoms with van der Waals surface area (Å²) in [5.74, 6) is -0.0739. The Kier molecular flexibility index (Phi) is 8.64. The molecule has 0 aromatic carbocycles. The Balaban J connectivity index is 2.70. The number of carbonyl (C=O) groups excluding carboxylic acids is 2. The normalized spacial score (nSPS) is 21.7. The number of carbonyl (C=O) groups is 2. The highest BCUT2D eigenvalue weighted by atomic mass is 16.6.